The number of Topliss-reactive ketones (excluding diaryl/α,β-unsaturated/α-hetero) is 1. The standard InChI is InChI=1S/C16H18N2O5S/c19-14-9-3-8(4-10(14)7-24-6-9)15(20)18-2-1-12-11(5-18)13(16(21)22)17-23-12/h8-10H,1-7H2,(H,21,22). The largest absolute Gasteiger partial charge is 0.476 e. The third-order valence-electron chi connectivity index (χ3n) is 5.27. The Morgan fingerprint density at radius 3 is 2.62 bits per heavy atom. The predicted octanol–water partition coefficient (Wildman–Crippen LogP) is 1.22. The Morgan fingerprint density at radius 1 is 1.25 bits per heavy atom. The highest BCUT2D eigenvalue weighted by molar-refractivity contribution is 7.99. The van der Waals surface area contributed by atoms with Gasteiger partial charge in [0.05, 0.1) is 6.54 Å². The first-order chi connectivity index (χ1) is 11.5. The molecular weight excluding hydrogens is 332 g/mol. The highest BCUT2D eigenvalue weighted by Gasteiger charge is 2.43. The molecule has 1 saturated carbocycles. The van der Waals surface area contributed by atoms with E-state index in [-0.39, 0.29) is 35.9 Å². The van der Waals surface area contributed by atoms with Crippen LogP contribution in [0.5, 0.6) is 0 Å². The minimum atomic E-state index is -1.14. The first kappa shape index (κ1) is 15.7. The molecule has 1 amide bonds. The molecule has 2 atom stereocenters. The van der Waals surface area contributed by atoms with E-state index in [1.165, 1.54) is 0 Å². The molecule has 8 heteroatoms. The van der Waals surface area contributed by atoms with Crippen LogP contribution >= 0.6 is 11.8 Å². The number of aromatic nitrogens is 1. The van der Waals surface area contributed by atoms with E-state index in [0.29, 0.717) is 42.9 Å². The molecule has 4 rings (SSSR count). The van der Waals surface area contributed by atoms with Gasteiger partial charge in [-0.3, -0.25) is 9.59 Å². The number of aromatic carboxylic acids is 1. The summed E-state index contributed by atoms with van der Waals surface area (Å²) < 4.78 is 5.08. The van der Waals surface area contributed by atoms with Gasteiger partial charge in [0.2, 0.25) is 5.91 Å². The summed E-state index contributed by atoms with van der Waals surface area (Å²) in [5.74, 6) is 1.29. The first-order valence-corrected chi connectivity index (χ1v) is 9.31. The molecule has 1 saturated heterocycles. The number of carboxylic acids is 1. The summed E-state index contributed by atoms with van der Waals surface area (Å²) in [5, 5.41) is 12.8. The number of ketones is 1. The molecule has 3 aliphatic rings. The van der Waals surface area contributed by atoms with E-state index in [9.17, 15) is 19.5 Å². The lowest BCUT2D eigenvalue weighted by atomic mass is 9.74. The van der Waals surface area contributed by atoms with Crippen molar-refractivity contribution in [2.45, 2.75) is 25.8 Å². The van der Waals surface area contributed by atoms with Crippen molar-refractivity contribution in [3.63, 3.8) is 0 Å². The maximum absolute atomic E-state index is 12.9. The van der Waals surface area contributed by atoms with E-state index in [1.807, 2.05) is 0 Å². The molecule has 2 fully saturated rings. The number of hydrogen-bond donors (Lipinski definition) is 1. The van der Waals surface area contributed by atoms with Crippen molar-refractivity contribution in [1.82, 2.24) is 10.1 Å². The summed E-state index contributed by atoms with van der Waals surface area (Å²) in [7, 11) is 0. The van der Waals surface area contributed by atoms with Crippen LogP contribution in [0.15, 0.2) is 4.52 Å². The third kappa shape index (κ3) is 2.53. The number of rotatable bonds is 2. The van der Waals surface area contributed by atoms with Gasteiger partial charge in [-0.25, -0.2) is 4.79 Å². The fourth-order valence-electron chi connectivity index (χ4n) is 4.03. The van der Waals surface area contributed by atoms with Gasteiger partial charge in [0.15, 0.2) is 5.69 Å². The van der Waals surface area contributed by atoms with Crippen LogP contribution in [0.4, 0.5) is 0 Å². The number of hydrogen-bond acceptors (Lipinski definition) is 6. The maximum atomic E-state index is 12.9. The number of nitrogens with zero attached hydrogens (tertiary/aromatic N) is 2. The van der Waals surface area contributed by atoms with Crippen LogP contribution < -0.4 is 0 Å². The van der Waals surface area contributed by atoms with Gasteiger partial charge in [-0.15, -0.1) is 0 Å². The molecule has 1 aromatic rings. The Hall–Kier alpha value is -1.83. The van der Waals surface area contributed by atoms with Gasteiger partial charge in [-0.1, -0.05) is 5.16 Å². The van der Waals surface area contributed by atoms with Crippen LogP contribution in [0.2, 0.25) is 0 Å². The minimum absolute atomic E-state index is 0.00183. The fourth-order valence-corrected chi connectivity index (χ4v) is 5.33. The zero-order valence-electron chi connectivity index (χ0n) is 13.1. The van der Waals surface area contributed by atoms with Gasteiger partial charge >= 0.3 is 5.97 Å². The average Bonchev–Trinajstić information content (AvgIpc) is 2.97. The van der Waals surface area contributed by atoms with Crippen LogP contribution in [-0.2, 0) is 22.6 Å². The van der Waals surface area contributed by atoms with Gasteiger partial charge in [0.25, 0.3) is 0 Å². The monoisotopic (exact) mass is 350 g/mol. The number of amides is 1. The number of carbonyl (C=O) groups excluding carboxylic acids is 2. The number of carboxylic acid groups (broad SMARTS) is 1. The van der Waals surface area contributed by atoms with Crippen molar-refractivity contribution in [3.05, 3.63) is 17.0 Å². The molecular formula is C16H18N2O5S. The van der Waals surface area contributed by atoms with Crippen molar-refractivity contribution in [2.24, 2.45) is 17.8 Å². The maximum Gasteiger partial charge on any atom is 0.358 e. The number of carbonyl (C=O) groups is 3. The molecule has 0 aromatic carbocycles. The van der Waals surface area contributed by atoms with E-state index in [1.54, 1.807) is 16.7 Å². The Balaban J connectivity index is 1.50. The molecule has 0 radical (unpaired) electrons. The summed E-state index contributed by atoms with van der Waals surface area (Å²) >= 11 is 1.81. The lowest BCUT2D eigenvalue weighted by molar-refractivity contribution is -0.141. The molecule has 2 unspecified atom stereocenters. The quantitative estimate of drug-likeness (QED) is 0.855. The van der Waals surface area contributed by atoms with Crippen molar-refractivity contribution >= 4 is 29.4 Å². The lowest BCUT2D eigenvalue weighted by Gasteiger charge is -2.39. The molecule has 1 aliphatic carbocycles. The molecule has 0 spiro atoms. The van der Waals surface area contributed by atoms with Crippen LogP contribution in [0.3, 0.4) is 0 Å². The Kier molecular flexibility index (Phi) is 3.86. The Bertz CT molecular complexity index is 699. The first-order valence-electron chi connectivity index (χ1n) is 8.15. The highest BCUT2D eigenvalue weighted by Crippen LogP contribution is 2.40. The highest BCUT2D eigenvalue weighted by atomic mass is 32.2. The minimum Gasteiger partial charge on any atom is -0.476 e. The fraction of sp³-hybridized carbons (Fsp3) is 0.625. The molecule has 1 N–H and O–H groups in total. The molecule has 1 aromatic heterocycles. The van der Waals surface area contributed by atoms with Crippen LogP contribution in [-0.4, -0.2) is 50.9 Å². The summed E-state index contributed by atoms with van der Waals surface area (Å²) in [6.45, 7) is 0.739. The molecule has 24 heavy (non-hydrogen) atoms. The van der Waals surface area contributed by atoms with Gasteiger partial charge in [-0.2, -0.15) is 11.8 Å². The average molecular weight is 350 g/mol. The van der Waals surface area contributed by atoms with E-state index in [2.05, 4.69) is 5.16 Å². The topological polar surface area (TPSA) is 101 Å². The molecule has 3 heterocycles. The molecule has 2 bridgehead atoms. The van der Waals surface area contributed by atoms with Crippen molar-refractivity contribution in [3.8, 4) is 0 Å². The zero-order valence-corrected chi connectivity index (χ0v) is 13.9. The zero-order chi connectivity index (χ0) is 16.8. The predicted molar refractivity (Wildman–Crippen MR) is 84.6 cm³/mol. The van der Waals surface area contributed by atoms with Crippen molar-refractivity contribution in [1.29, 1.82) is 0 Å². The van der Waals surface area contributed by atoms with Gasteiger partial charge in [0, 0.05) is 47.8 Å². The third-order valence-corrected chi connectivity index (χ3v) is 6.55. The second-order valence-electron chi connectivity index (χ2n) is 6.75. The lowest BCUT2D eigenvalue weighted by Crippen LogP contribution is -2.46. The van der Waals surface area contributed by atoms with E-state index in [0.717, 1.165) is 11.5 Å². The summed E-state index contributed by atoms with van der Waals surface area (Å²) in [6.07, 6.45) is 1.73. The second-order valence-corrected chi connectivity index (χ2v) is 7.82. The summed E-state index contributed by atoms with van der Waals surface area (Å²) in [5.41, 5.74) is 0.402. The van der Waals surface area contributed by atoms with Crippen LogP contribution in [0.25, 0.3) is 0 Å². The molecule has 2 aliphatic heterocycles. The van der Waals surface area contributed by atoms with E-state index < -0.39 is 5.97 Å². The number of fused-ring (bicyclic) bond motifs is 3. The van der Waals surface area contributed by atoms with Crippen LogP contribution in [0, 0.1) is 17.8 Å². The summed E-state index contributed by atoms with van der Waals surface area (Å²) in [6, 6.07) is 0. The van der Waals surface area contributed by atoms with E-state index in [4.69, 9.17) is 4.52 Å². The Labute approximate surface area is 142 Å². The Morgan fingerprint density at radius 2 is 1.96 bits per heavy atom. The van der Waals surface area contributed by atoms with Gasteiger partial charge < -0.3 is 14.5 Å². The molecule has 128 valence electrons. The van der Waals surface area contributed by atoms with Crippen molar-refractivity contribution < 1.29 is 24.0 Å². The summed E-state index contributed by atoms with van der Waals surface area (Å²) in [4.78, 5) is 38.0. The molecule has 7 nitrogen and oxygen atoms in total. The van der Waals surface area contributed by atoms with E-state index >= 15 is 0 Å². The van der Waals surface area contributed by atoms with Gasteiger partial charge in [0.1, 0.15) is 11.5 Å². The van der Waals surface area contributed by atoms with Crippen molar-refractivity contribution in [2.75, 3.05) is 18.1 Å². The smallest absolute Gasteiger partial charge is 0.358 e. The number of thioether (sulfide) groups is 1. The second kappa shape index (κ2) is 5.91. The normalized spacial score (nSPS) is 29.2. The SMILES string of the molecule is O=C(O)c1noc2c1CN(C(=O)C1CC3CSCC(C1)C3=O)CC2. The van der Waals surface area contributed by atoms with Gasteiger partial charge in [-0.05, 0) is 12.8 Å². The van der Waals surface area contributed by atoms with Crippen LogP contribution in [0.1, 0.15) is 34.7 Å².